The molecule has 0 unspecified atom stereocenters. The lowest BCUT2D eigenvalue weighted by Gasteiger charge is -2.00. The highest BCUT2D eigenvalue weighted by Crippen LogP contribution is 2.36. The van der Waals surface area contributed by atoms with Crippen molar-refractivity contribution in [1.29, 1.82) is 0 Å². The van der Waals surface area contributed by atoms with Gasteiger partial charge in [-0.1, -0.05) is 41.9 Å². The summed E-state index contributed by atoms with van der Waals surface area (Å²) in [5.41, 5.74) is 2.94. The van der Waals surface area contributed by atoms with Crippen LogP contribution in [0.15, 0.2) is 52.9 Å². The van der Waals surface area contributed by atoms with Gasteiger partial charge in [0.05, 0.1) is 5.88 Å². The lowest BCUT2D eigenvalue weighted by atomic mass is 10.0. The van der Waals surface area contributed by atoms with Crippen LogP contribution < -0.4 is 0 Å². The third-order valence-electron chi connectivity index (χ3n) is 2.91. The fourth-order valence-electron chi connectivity index (χ4n) is 2.14. The number of furan rings is 1. The number of benzene rings is 2. The van der Waals surface area contributed by atoms with Gasteiger partial charge in [-0.15, -0.1) is 11.6 Å². The molecule has 18 heavy (non-hydrogen) atoms. The van der Waals surface area contributed by atoms with Crippen LogP contribution in [0.3, 0.4) is 0 Å². The Balaban J connectivity index is 2.35. The first-order valence-corrected chi connectivity index (χ1v) is 6.53. The van der Waals surface area contributed by atoms with Gasteiger partial charge in [0, 0.05) is 16.0 Å². The number of hydrogen-bond acceptors (Lipinski definition) is 1. The maximum absolute atomic E-state index is 6.06. The van der Waals surface area contributed by atoms with Crippen LogP contribution in [0, 0.1) is 0 Å². The minimum absolute atomic E-state index is 0.344. The quantitative estimate of drug-likeness (QED) is 0.564. The van der Waals surface area contributed by atoms with Gasteiger partial charge in [-0.2, -0.15) is 0 Å². The van der Waals surface area contributed by atoms with Crippen molar-refractivity contribution in [3.05, 3.63) is 59.3 Å². The molecule has 1 aromatic heterocycles. The second kappa shape index (κ2) is 4.68. The summed E-state index contributed by atoms with van der Waals surface area (Å²) >= 11 is 12.0. The molecule has 1 heterocycles. The van der Waals surface area contributed by atoms with E-state index >= 15 is 0 Å². The first kappa shape index (κ1) is 11.6. The third kappa shape index (κ3) is 1.90. The summed E-state index contributed by atoms with van der Waals surface area (Å²) in [4.78, 5) is 0. The Morgan fingerprint density at radius 1 is 1.00 bits per heavy atom. The van der Waals surface area contributed by atoms with Crippen molar-refractivity contribution in [3.8, 4) is 11.1 Å². The highest BCUT2D eigenvalue weighted by molar-refractivity contribution is 6.31. The number of rotatable bonds is 2. The molecule has 0 bridgehead atoms. The van der Waals surface area contributed by atoms with Gasteiger partial charge in [0.2, 0.25) is 0 Å². The zero-order valence-corrected chi connectivity index (χ0v) is 11.0. The summed E-state index contributed by atoms with van der Waals surface area (Å²) in [5.74, 6) is 1.12. The summed E-state index contributed by atoms with van der Waals surface area (Å²) in [6, 6.07) is 15.7. The number of alkyl halides is 1. The normalized spacial score (nSPS) is 11.0. The first-order chi connectivity index (χ1) is 8.79. The van der Waals surface area contributed by atoms with Crippen molar-refractivity contribution in [2.45, 2.75) is 5.88 Å². The van der Waals surface area contributed by atoms with E-state index in [1.165, 1.54) is 0 Å². The molecule has 3 aromatic rings. The first-order valence-electron chi connectivity index (χ1n) is 5.62. The Bertz CT molecular complexity index is 686. The smallest absolute Gasteiger partial charge is 0.135 e. The molecule has 0 fully saturated rings. The van der Waals surface area contributed by atoms with E-state index in [0.717, 1.165) is 27.9 Å². The van der Waals surface area contributed by atoms with E-state index in [0.29, 0.717) is 10.9 Å². The van der Waals surface area contributed by atoms with Crippen LogP contribution in [0.5, 0.6) is 0 Å². The average Bonchev–Trinajstić information content (AvgIpc) is 2.77. The van der Waals surface area contributed by atoms with Gasteiger partial charge in [0.15, 0.2) is 0 Å². The summed E-state index contributed by atoms with van der Waals surface area (Å²) in [6.45, 7) is 0. The number of fused-ring (bicyclic) bond motifs is 1. The molecular weight excluding hydrogens is 267 g/mol. The van der Waals surface area contributed by atoms with Crippen LogP contribution in [0.4, 0.5) is 0 Å². The molecule has 0 aliphatic rings. The molecule has 0 aliphatic heterocycles. The molecule has 3 heteroatoms. The molecule has 0 saturated carbocycles. The number of hydrogen-bond donors (Lipinski definition) is 0. The van der Waals surface area contributed by atoms with Gasteiger partial charge in [0.1, 0.15) is 11.3 Å². The van der Waals surface area contributed by atoms with Crippen LogP contribution in [-0.2, 0) is 5.88 Å². The van der Waals surface area contributed by atoms with Gasteiger partial charge in [-0.25, -0.2) is 0 Å². The third-order valence-corrected chi connectivity index (χ3v) is 3.38. The highest BCUT2D eigenvalue weighted by Gasteiger charge is 2.15. The van der Waals surface area contributed by atoms with Crippen LogP contribution in [0.2, 0.25) is 5.02 Å². The van der Waals surface area contributed by atoms with E-state index < -0.39 is 0 Å². The second-order valence-electron chi connectivity index (χ2n) is 4.04. The Morgan fingerprint density at radius 2 is 1.78 bits per heavy atom. The van der Waals surface area contributed by atoms with Gasteiger partial charge in [-0.3, -0.25) is 0 Å². The largest absolute Gasteiger partial charge is 0.459 e. The van der Waals surface area contributed by atoms with E-state index in [9.17, 15) is 0 Å². The Kier molecular flexibility index (Phi) is 3.02. The van der Waals surface area contributed by atoms with E-state index in [1.807, 2.05) is 48.5 Å². The summed E-state index contributed by atoms with van der Waals surface area (Å²) in [5, 5.41) is 1.70. The lowest BCUT2D eigenvalue weighted by Crippen LogP contribution is -1.80. The molecule has 0 spiro atoms. The van der Waals surface area contributed by atoms with E-state index in [-0.39, 0.29) is 0 Å². The predicted octanol–water partition coefficient (Wildman–Crippen LogP) is 5.49. The molecular formula is C15H10Cl2O. The van der Waals surface area contributed by atoms with Crippen molar-refractivity contribution in [2.24, 2.45) is 0 Å². The van der Waals surface area contributed by atoms with Crippen molar-refractivity contribution in [2.75, 3.05) is 0 Å². The zero-order chi connectivity index (χ0) is 12.5. The summed E-state index contributed by atoms with van der Waals surface area (Å²) in [7, 11) is 0. The minimum atomic E-state index is 0.344. The molecule has 0 radical (unpaired) electrons. The molecule has 2 aromatic carbocycles. The second-order valence-corrected chi connectivity index (χ2v) is 4.74. The van der Waals surface area contributed by atoms with E-state index in [2.05, 4.69) is 0 Å². The molecule has 0 atom stereocenters. The van der Waals surface area contributed by atoms with Crippen molar-refractivity contribution >= 4 is 34.2 Å². The van der Waals surface area contributed by atoms with Crippen molar-refractivity contribution in [1.82, 2.24) is 0 Å². The molecule has 90 valence electrons. The van der Waals surface area contributed by atoms with Crippen LogP contribution >= 0.6 is 23.2 Å². The van der Waals surface area contributed by atoms with Crippen molar-refractivity contribution < 1.29 is 4.42 Å². The molecule has 1 nitrogen and oxygen atoms in total. The maximum Gasteiger partial charge on any atom is 0.135 e. The van der Waals surface area contributed by atoms with E-state index in [4.69, 9.17) is 27.6 Å². The highest BCUT2D eigenvalue weighted by atomic mass is 35.5. The van der Waals surface area contributed by atoms with Crippen LogP contribution in [0.25, 0.3) is 22.1 Å². The van der Waals surface area contributed by atoms with E-state index in [1.54, 1.807) is 0 Å². The molecule has 0 N–H and O–H groups in total. The van der Waals surface area contributed by atoms with Crippen molar-refractivity contribution in [3.63, 3.8) is 0 Å². The average molecular weight is 277 g/mol. The monoisotopic (exact) mass is 276 g/mol. The molecule has 0 aliphatic carbocycles. The van der Waals surface area contributed by atoms with Gasteiger partial charge < -0.3 is 4.42 Å². The Morgan fingerprint density at radius 3 is 2.50 bits per heavy atom. The SMILES string of the molecule is ClCc1oc2ccc(Cl)cc2c1-c1ccccc1. The summed E-state index contributed by atoms with van der Waals surface area (Å²) in [6.07, 6.45) is 0. The minimum Gasteiger partial charge on any atom is -0.459 e. The standard InChI is InChI=1S/C15H10Cl2O/c16-9-14-15(10-4-2-1-3-5-10)12-8-11(17)6-7-13(12)18-14/h1-8H,9H2. The topological polar surface area (TPSA) is 13.1 Å². The fourth-order valence-corrected chi connectivity index (χ4v) is 2.50. The van der Waals surface area contributed by atoms with Crippen LogP contribution in [0.1, 0.15) is 5.76 Å². The molecule has 3 rings (SSSR count). The molecule has 0 amide bonds. The zero-order valence-electron chi connectivity index (χ0n) is 9.49. The fraction of sp³-hybridized carbons (Fsp3) is 0.0667. The molecule has 0 saturated heterocycles. The van der Waals surface area contributed by atoms with Crippen LogP contribution in [-0.4, -0.2) is 0 Å². The Hall–Kier alpha value is -1.44. The van der Waals surface area contributed by atoms with Gasteiger partial charge in [-0.05, 0) is 23.8 Å². The van der Waals surface area contributed by atoms with Gasteiger partial charge >= 0.3 is 0 Å². The maximum atomic E-state index is 6.06. The summed E-state index contributed by atoms with van der Waals surface area (Å²) < 4.78 is 5.77. The predicted molar refractivity (Wildman–Crippen MR) is 76.2 cm³/mol. The Labute approximate surface area is 115 Å². The lowest BCUT2D eigenvalue weighted by molar-refractivity contribution is 0.574. The van der Waals surface area contributed by atoms with Gasteiger partial charge in [0.25, 0.3) is 0 Å². The number of halogens is 2.